The molecule has 2 N–H and O–H groups in total. The molecule has 2 aromatic rings. The first-order chi connectivity index (χ1) is 13.6. The quantitative estimate of drug-likeness (QED) is 0.773. The smallest absolute Gasteiger partial charge is 0.175 e. The van der Waals surface area contributed by atoms with Gasteiger partial charge in [0.2, 0.25) is 0 Å². The molecular formula is C23H30N2O3S. The third-order valence-corrected chi connectivity index (χ3v) is 7.15. The van der Waals surface area contributed by atoms with E-state index >= 15 is 0 Å². The highest BCUT2D eigenvalue weighted by atomic mass is 32.2. The average Bonchev–Trinajstić information content (AvgIpc) is 2.96. The van der Waals surface area contributed by atoms with E-state index in [0.717, 1.165) is 42.7 Å². The van der Waals surface area contributed by atoms with Gasteiger partial charge >= 0.3 is 0 Å². The lowest BCUT2D eigenvalue weighted by atomic mass is 9.81. The van der Waals surface area contributed by atoms with Gasteiger partial charge in [0.25, 0.3) is 0 Å². The van der Waals surface area contributed by atoms with Crippen molar-refractivity contribution in [3.63, 3.8) is 0 Å². The number of nitrogens with two attached hydrogens (primary N) is 1. The van der Waals surface area contributed by atoms with Crippen molar-refractivity contribution < 1.29 is 13.2 Å². The highest BCUT2D eigenvalue weighted by Crippen LogP contribution is 2.43. The molecule has 29 heavy (non-hydrogen) atoms. The Kier molecular flexibility index (Phi) is 5.21. The Morgan fingerprint density at radius 1 is 1.21 bits per heavy atom. The number of fused-ring (bicyclic) bond motifs is 1. The molecule has 2 aromatic carbocycles. The standard InChI is InChI=1S/C23H30N2O3S/c1-23(2)15-19-14-20(29(3,26)27)13-18(22(19)28-23)12-17-10-7-11-25(24)21(17)16-8-5-4-6-9-16/h4-6,8-9,13-14,17,21H,7,10-12,15,24H2,1-3H3/t17-,21+/m0/s1. The molecule has 2 atom stereocenters. The number of hydrogen-bond donors (Lipinski definition) is 1. The molecule has 2 heterocycles. The van der Waals surface area contributed by atoms with Gasteiger partial charge in [0.15, 0.2) is 9.84 Å². The van der Waals surface area contributed by atoms with E-state index in [-0.39, 0.29) is 11.6 Å². The number of benzene rings is 2. The van der Waals surface area contributed by atoms with Crippen molar-refractivity contribution in [3.8, 4) is 5.75 Å². The van der Waals surface area contributed by atoms with E-state index in [1.165, 1.54) is 11.8 Å². The topological polar surface area (TPSA) is 72.6 Å². The van der Waals surface area contributed by atoms with Crippen LogP contribution in [0.1, 0.15) is 49.4 Å². The van der Waals surface area contributed by atoms with Gasteiger partial charge in [0.1, 0.15) is 11.4 Å². The van der Waals surface area contributed by atoms with Crippen molar-refractivity contribution in [2.24, 2.45) is 11.8 Å². The largest absolute Gasteiger partial charge is 0.487 e. The van der Waals surface area contributed by atoms with Crippen molar-refractivity contribution in [2.75, 3.05) is 12.8 Å². The average molecular weight is 415 g/mol. The van der Waals surface area contributed by atoms with Gasteiger partial charge in [-0.25, -0.2) is 13.4 Å². The SMILES string of the molecule is CC1(C)Cc2cc(S(C)(=O)=O)cc(C[C@@H]3CCCN(N)[C@@H]3c3ccccc3)c2O1. The third kappa shape index (κ3) is 4.20. The summed E-state index contributed by atoms with van der Waals surface area (Å²) < 4.78 is 30.9. The van der Waals surface area contributed by atoms with Crippen LogP contribution in [0.4, 0.5) is 0 Å². The molecule has 2 aliphatic rings. The van der Waals surface area contributed by atoms with Crippen LogP contribution >= 0.6 is 0 Å². The summed E-state index contributed by atoms with van der Waals surface area (Å²) in [7, 11) is -3.29. The summed E-state index contributed by atoms with van der Waals surface area (Å²) >= 11 is 0. The van der Waals surface area contributed by atoms with Crippen molar-refractivity contribution in [2.45, 2.75) is 56.1 Å². The second-order valence-electron chi connectivity index (χ2n) is 9.08. The fourth-order valence-corrected chi connectivity index (χ4v) is 5.55. The van der Waals surface area contributed by atoms with Gasteiger partial charge in [0.05, 0.1) is 10.9 Å². The maximum absolute atomic E-state index is 12.3. The first kappa shape index (κ1) is 20.4. The summed E-state index contributed by atoms with van der Waals surface area (Å²) in [5.41, 5.74) is 2.86. The molecule has 1 fully saturated rings. The number of sulfone groups is 1. The monoisotopic (exact) mass is 414 g/mol. The van der Waals surface area contributed by atoms with Gasteiger partial charge in [-0.05, 0) is 67.9 Å². The molecule has 6 heteroatoms. The summed E-state index contributed by atoms with van der Waals surface area (Å²) in [5, 5.41) is 1.94. The van der Waals surface area contributed by atoms with Crippen LogP contribution in [-0.2, 0) is 22.7 Å². The van der Waals surface area contributed by atoms with Gasteiger partial charge in [-0.2, -0.15) is 0 Å². The number of rotatable bonds is 4. The Morgan fingerprint density at radius 3 is 2.62 bits per heavy atom. The highest BCUT2D eigenvalue weighted by molar-refractivity contribution is 7.90. The van der Waals surface area contributed by atoms with Crippen LogP contribution in [-0.4, -0.2) is 31.8 Å². The Labute approximate surface area is 173 Å². The molecule has 0 unspecified atom stereocenters. The molecule has 4 rings (SSSR count). The third-order valence-electron chi connectivity index (χ3n) is 6.06. The highest BCUT2D eigenvalue weighted by Gasteiger charge is 2.36. The van der Waals surface area contributed by atoms with E-state index in [1.807, 2.05) is 43.1 Å². The number of piperidine rings is 1. The molecule has 2 aliphatic heterocycles. The first-order valence-corrected chi connectivity index (χ1v) is 12.1. The minimum absolute atomic E-state index is 0.108. The molecule has 156 valence electrons. The van der Waals surface area contributed by atoms with Crippen LogP contribution in [0.3, 0.4) is 0 Å². The molecule has 0 saturated carbocycles. The van der Waals surface area contributed by atoms with Gasteiger partial charge in [-0.1, -0.05) is 30.3 Å². The van der Waals surface area contributed by atoms with Crippen LogP contribution in [0, 0.1) is 5.92 Å². The Balaban J connectivity index is 1.74. The number of hydrogen-bond acceptors (Lipinski definition) is 5. The minimum Gasteiger partial charge on any atom is -0.487 e. The van der Waals surface area contributed by atoms with Crippen molar-refractivity contribution in [1.29, 1.82) is 0 Å². The van der Waals surface area contributed by atoms with Crippen molar-refractivity contribution >= 4 is 9.84 Å². The number of hydrazine groups is 1. The maximum Gasteiger partial charge on any atom is 0.175 e. The number of nitrogens with zero attached hydrogens (tertiary/aromatic N) is 1. The maximum atomic E-state index is 12.3. The number of ether oxygens (including phenoxy) is 1. The molecule has 1 saturated heterocycles. The zero-order chi connectivity index (χ0) is 20.8. The van der Waals surface area contributed by atoms with Crippen LogP contribution in [0.5, 0.6) is 5.75 Å². The molecule has 0 spiro atoms. The zero-order valence-corrected chi connectivity index (χ0v) is 18.2. The second kappa shape index (κ2) is 7.42. The molecule has 0 amide bonds. The predicted molar refractivity (Wildman–Crippen MR) is 114 cm³/mol. The Morgan fingerprint density at radius 2 is 1.93 bits per heavy atom. The van der Waals surface area contributed by atoms with Crippen molar-refractivity contribution in [1.82, 2.24) is 5.01 Å². The lowest BCUT2D eigenvalue weighted by molar-refractivity contribution is 0.0909. The molecule has 0 bridgehead atoms. The summed E-state index contributed by atoms with van der Waals surface area (Å²) in [6.07, 6.45) is 4.82. The van der Waals surface area contributed by atoms with E-state index in [4.69, 9.17) is 10.6 Å². The minimum atomic E-state index is -3.29. The van der Waals surface area contributed by atoms with Crippen molar-refractivity contribution in [3.05, 3.63) is 59.2 Å². The lowest BCUT2D eigenvalue weighted by Crippen LogP contribution is -2.44. The predicted octanol–water partition coefficient (Wildman–Crippen LogP) is 3.67. The molecular weight excluding hydrogens is 384 g/mol. The van der Waals surface area contributed by atoms with E-state index in [0.29, 0.717) is 17.2 Å². The van der Waals surface area contributed by atoms with Gasteiger partial charge in [0, 0.05) is 19.2 Å². The molecule has 0 aliphatic carbocycles. The first-order valence-electron chi connectivity index (χ1n) is 10.3. The fraction of sp³-hybridized carbons (Fsp3) is 0.478. The molecule has 5 nitrogen and oxygen atoms in total. The molecule has 0 radical (unpaired) electrons. The van der Waals surface area contributed by atoms with E-state index in [9.17, 15) is 8.42 Å². The van der Waals surface area contributed by atoms with E-state index in [2.05, 4.69) is 12.1 Å². The summed E-state index contributed by atoms with van der Waals surface area (Å²) in [4.78, 5) is 0.379. The van der Waals surface area contributed by atoms with Crippen LogP contribution in [0.25, 0.3) is 0 Å². The van der Waals surface area contributed by atoms with Gasteiger partial charge in [-0.15, -0.1) is 0 Å². The van der Waals surface area contributed by atoms with Gasteiger partial charge < -0.3 is 4.74 Å². The zero-order valence-electron chi connectivity index (χ0n) is 17.4. The summed E-state index contributed by atoms with van der Waals surface area (Å²) in [5.74, 6) is 7.57. The summed E-state index contributed by atoms with van der Waals surface area (Å²) in [6, 6.07) is 14.1. The van der Waals surface area contributed by atoms with E-state index in [1.54, 1.807) is 6.07 Å². The normalized spacial score (nSPS) is 24.1. The van der Waals surface area contributed by atoms with Gasteiger partial charge in [-0.3, -0.25) is 5.84 Å². The summed E-state index contributed by atoms with van der Waals surface area (Å²) in [6.45, 7) is 4.96. The Bertz CT molecular complexity index is 1000. The second-order valence-corrected chi connectivity index (χ2v) is 11.1. The Hall–Kier alpha value is -1.89. The van der Waals surface area contributed by atoms with E-state index < -0.39 is 9.84 Å². The molecule has 0 aromatic heterocycles. The fourth-order valence-electron chi connectivity index (χ4n) is 4.84. The van der Waals surface area contributed by atoms with Crippen LogP contribution in [0.2, 0.25) is 0 Å². The lowest BCUT2D eigenvalue weighted by Gasteiger charge is -2.39. The van der Waals surface area contributed by atoms with Crippen LogP contribution < -0.4 is 10.6 Å². The van der Waals surface area contributed by atoms with Crippen LogP contribution in [0.15, 0.2) is 47.4 Å².